The van der Waals surface area contributed by atoms with Crippen molar-refractivity contribution in [3.05, 3.63) is 68.9 Å². The quantitative estimate of drug-likeness (QED) is 0.877. The molecule has 0 heterocycles. The zero-order chi connectivity index (χ0) is 13.3. The van der Waals surface area contributed by atoms with Crippen LogP contribution >= 0.6 is 15.9 Å². The van der Waals surface area contributed by atoms with E-state index >= 15 is 0 Å². The molecule has 0 saturated carbocycles. The molecule has 1 atom stereocenters. The average Bonchev–Trinajstić information content (AvgIpc) is 2.35. The lowest BCUT2D eigenvalue weighted by molar-refractivity contribution is 0.214. The number of halogens is 2. The van der Waals surface area contributed by atoms with E-state index in [1.165, 1.54) is 0 Å². The van der Waals surface area contributed by atoms with Crippen LogP contribution in [0, 0.1) is 19.7 Å². The third kappa shape index (κ3) is 2.33. The van der Waals surface area contributed by atoms with E-state index in [9.17, 15) is 9.50 Å². The zero-order valence-corrected chi connectivity index (χ0v) is 11.8. The second-order valence-electron chi connectivity index (χ2n) is 4.33. The molecule has 0 spiro atoms. The molecule has 0 aliphatic heterocycles. The van der Waals surface area contributed by atoms with Crippen LogP contribution in [0.4, 0.5) is 4.39 Å². The van der Waals surface area contributed by atoms with Crippen LogP contribution in [0.3, 0.4) is 0 Å². The Labute approximate surface area is 114 Å². The average molecular weight is 309 g/mol. The molecule has 0 saturated heterocycles. The van der Waals surface area contributed by atoms with Crippen LogP contribution < -0.4 is 0 Å². The predicted octanol–water partition coefficient (Wildman–Crippen LogP) is 4.29. The molecule has 18 heavy (non-hydrogen) atoms. The summed E-state index contributed by atoms with van der Waals surface area (Å²) in [6, 6.07) is 10.6. The van der Waals surface area contributed by atoms with Crippen LogP contribution in [-0.2, 0) is 0 Å². The van der Waals surface area contributed by atoms with Crippen molar-refractivity contribution in [3.63, 3.8) is 0 Å². The number of aryl methyl sites for hydroxylation is 1. The molecular weight excluding hydrogens is 295 g/mol. The second kappa shape index (κ2) is 5.21. The fourth-order valence-electron chi connectivity index (χ4n) is 1.97. The molecule has 1 nitrogen and oxygen atoms in total. The van der Waals surface area contributed by atoms with Gasteiger partial charge in [-0.25, -0.2) is 4.39 Å². The van der Waals surface area contributed by atoms with E-state index in [1.54, 1.807) is 18.2 Å². The van der Waals surface area contributed by atoms with Crippen molar-refractivity contribution in [2.75, 3.05) is 0 Å². The maximum atomic E-state index is 14.0. The van der Waals surface area contributed by atoms with Gasteiger partial charge in [0.15, 0.2) is 0 Å². The Balaban J connectivity index is 2.51. The first-order chi connectivity index (χ1) is 8.52. The number of benzene rings is 2. The van der Waals surface area contributed by atoms with Gasteiger partial charge in [0.2, 0.25) is 0 Å². The third-order valence-corrected chi connectivity index (χ3v) is 3.83. The number of aliphatic hydroxyl groups is 1. The van der Waals surface area contributed by atoms with Crippen LogP contribution in [0.15, 0.2) is 40.9 Å². The van der Waals surface area contributed by atoms with Crippen LogP contribution in [0.2, 0.25) is 0 Å². The van der Waals surface area contributed by atoms with Crippen molar-refractivity contribution in [2.45, 2.75) is 20.0 Å². The molecule has 0 aromatic heterocycles. The molecule has 0 amide bonds. The highest BCUT2D eigenvalue weighted by atomic mass is 79.9. The summed E-state index contributed by atoms with van der Waals surface area (Å²) < 4.78 is 14.3. The molecule has 2 aromatic rings. The summed E-state index contributed by atoms with van der Waals surface area (Å²) in [5.74, 6) is -0.411. The summed E-state index contributed by atoms with van der Waals surface area (Å²) in [6.45, 7) is 3.91. The minimum absolute atomic E-state index is 0.290. The first-order valence-electron chi connectivity index (χ1n) is 5.70. The Morgan fingerprint density at radius 2 is 1.67 bits per heavy atom. The maximum Gasteiger partial charge on any atom is 0.143 e. The maximum absolute atomic E-state index is 14.0. The first kappa shape index (κ1) is 13.2. The highest BCUT2D eigenvalue weighted by Crippen LogP contribution is 2.30. The van der Waals surface area contributed by atoms with E-state index in [2.05, 4.69) is 15.9 Å². The second-order valence-corrected chi connectivity index (χ2v) is 5.19. The van der Waals surface area contributed by atoms with E-state index in [1.807, 2.05) is 32.0 Å². The van der Waals surface area contributed by atoms with Crippen LogP contribution in [-0.4, -0.2) is 5.11 Å². The molecule has 0 aliphatic carbocycles. The van der Waals surface area contributed by atoms with Gasteiger partial charge >= 0.3 is 0 Å². The van der Waals surface area contributed by atoms with Gasteiger partial charge in [-0.1, -0.05) is 30.3 Å². The van der Waals surface area contributed by atoms with Crippen molar-refractivity contribution in [3.8, 4) is 0 Å². The van der Waals surface area contributed by atoms with Crippen molar-refractivity contribution >= 4 is 15.9 Å². The van der Waals surface area contributed by atoms with Crippen LogP contribution in [0.25, 0.3) is 0 Å². The Kier molecular flexibility index (Phi) is 3.83. The summed E-state index contributed by atoms with van der Waals surface area (Å²) in [5.41, 5.74) is 3.11. The van der Waals surface area contributed by atoms with Gasteiger partial charge in [0.1, 0.15) is 11.9 Å². The topological polar surface area (TPSA) is 20.2 Å². The van der Waals surface area contributed by atoms with Gasteiger partial charge in [0, 0.05) is 5.56 Å². The molecule has 0 radical (unpaired) electrons. The van der Waals surface area contributed by atoms with E-state index in [0.717, 1.165) is 16.7 Å². The lowest BCUT2D eigenvalue weighted by atomic mass is 9.94. The summed E-state index contributed by atoms with van der Waals surface area (Å²) in [6.07, 6.45) is -0.942. The molecule has 94 valence electrons. The minimum atomic E-state index is -0.942. The largest absolute Gasteiger partial charge is 0.384 e. The van der Waals surface area contributed by atoms with E-state index < -0.39 is 11.9 Å². The fraction of sp³-hybridized carbons (Fsp3) is 0.200. The van der Waals surface area contributed by atoms with Gasteiger partial charge in [-0.3, -0.25) is 0 Å². The van der Waals surface area contributed by atoms with Crippen molar-refractivity contribution in [1.82, 2.24) is 0 Å². The monoisotopic (exact) mass is 308 g/mol. The standard InChI is InChI=1S/C15H14BrFO/c1-9-5-3-6-11(10(9)2)15(18)12-7-4-8-13(16)14(12)17/h3-8,15,18H,1-2H3. The van der Waals surface area contributed by atoms with Crippen molar-refractivity contribution in [1.29, 1.82) is 0 Å². The molecular formula is C15H14BrFO. The number of aliphatic hydroxyl groups excluding tert-OH is 1. The fourth-order valence-corrected chi connectivity index (χ4v) is 2.35. The summed E-state index contributed by atoms with van der Waals surface area (Å²) in [5, 5.41) is 10.3. The van der Waals surface area contributed by atoms with Gasteiger partial charge in [0.25, 0.3) is 0 Å². The third-order valence-electron chi connectivity index (χ3n) is 3.22. The molecule has 2 rings (SSSR count). The van der Waals surface area contributed by atoms with Crippen molar-refractivity contribution < 1.29 is 9.50 Å². The van der Waals surface area contributed by atoms with Gasteiger partial charge < -0.3 is 5.11 Å². The van der Waals surface area contributed by atoms with E-state index in [0.29, 0.717) is 4.47 Å². The molecule has 1 N–H and O–H groups in total. The zero-order valence-electron chi connectivity index (χ0n) is 10.2. The molecule has 0 aliphatic rings. The lowest BCUT2D eigenvalue weighted by Crippen LogP contribution is -2.05. The Hall–Kier alpha value is -1.19. The van der Waals surface area contributed by atoms with Gasteiger partial charge in [0.05, 0.1) is 4.47 Å². The number of rotatable bonds is 2. The minimum Gasteiger partial charge on any atom is -0.384 e. The molecule has 0 bridgehead atoms. The summed E-state index contributed by atoms with van der Waals surface area (Å²) in [4.78, 5) is 0. The molecule has 2 aromatic carbocycles. The number of hydrogen-bond acceptors (Lipinski definition) is 1. The van der Waals surface area contributed by atoms with Crippen LogP contribution in [0.1, 0.15) is 28.4 Å². The lowest BCUT2D eigenvalue weighted by Gasteiger charge is -2.16. The van der Waals surface area contributed by atoms with E-state index in [-0.39, 0.29) is 5.56 Å². The highest BCUT2D eigenvalue weighted by molar-refractivity contribution is 9.10. The number of hydrogen-bond donors (Lipinski definition) is 1. The Bertz CT molecular complexity index is 529. The van der Waals surface area contributed by atoms with Crippen LogP contribution in [0.5, 0.6) is 0 Å². The van der Waals surface area contributed by atoms with Gasteiger partial charge in [-0.05, 0) is 52.5 Å². The first-order valence-corrected chi connectivity index (χ1v) is 6.49. The highest BCUT2D eigenvalue weighted by Gasteiger charge is 2.18. The Morgan fingerprint density at radius 1 is 1.06 bits per heavy atom. The van der Waals surface area contributed by atoms with Gasteiger partial charge in [-0.2, -0.15) is 0 Å². The molecule has 1 unspecified atom stereocenters. The Morgan fingerprint density at radius 3 is 2.39 bits per heavy atom. The summed E-state index contributed by atoms with van der Waals surface area (Å²) in [7, 11) is 0. The molecule has 3 heteroatoms. The smallest absolute Gasteiger partial charge is 0.143 e. The van der Waals surface area contributed by atoms with Gasteiger partial charge in [-0.15, -0.1) is 0 Å². The van der Waals surface area contributed by atoms with E-state index in [4.69, 9.17) is 0 Å². The molecule has 0 fully saturated rings. The summed E-state index contributed by atoms with van der Waals surface area (Å²) >= 11 is 3.13. The SMILES string of the molecule is Cc1cccc(C(O)c2cccc(Br)c2F)c1C. The normalized spacial score (nSPS) is 12.5. The van der Waals surface area contributed by atoms with Crippen molar-refractivity contribution in [2.24, 2.45) is 0 Å². The predicted molar refractivity (Wildman–Crippen MR) is 74.1 cm³/mol.